The molecular formula is C58H113N2O6P. The van der Waals surface area contributed by atoms with Gasteiger partial charge in [-0.15, -0.1) is 0 Å². The number of likely N-dealkylation sites (N-methyl/N-ethyl adjacent to an activating group) is 1. The van der Waals surface area contributed by atoms with Gasteiger partial charge in [-0.1, -0.05) is 262 Å². The van der Waals surface area contributed by atoms with Crippen LogP contribution in [0, 0.1) is 0 Å². The average Bonchev–Trinajstić information content (AvgIpc) is 3.29. The van der Waals surface area contributed by atoms with Gasteiger partial charge in [-0.05, 0) is 44.9 Å². The van der Waals surface area contributed by atoms with Crippen LogP contribution in [0.5, 0.6) is 0 Å². The van der Waals surface area contributed by atoms with E-state index in [-0.39, 0.29) is 12.5 Å². The van der Waals surface area contributed by atoms with Crippen molar-refractivity contribution in [3.05, 3.63) is 36.5 Å². The zero-order valence-electron chi connectivity index (χ0n) is 45.1. The molecule has 0 spiro atoms. The molecule has 0 aliphatic carbocycles. The van der Waals surface area contributed by atoms with Crippen LogP contribution < -0.4 is 10.2 Å². The van der Waals surface area contributed by atoms with Crippen LogP contribution in [0.3, 0.4) is 0 Å². The van der Waals surface area contributed by atoms with E-state index < -0.39 is 26.6 Å². The van der Waals surface area contributed by atoms with E-state index in [2.05, 4.69) is 43.5 Å². The first-order valence-corrected chi connectivity index (χ1v) is 30.3. The van der Waals surface area contributed by atoms with Crippen molar-refractivity contribution in [2.75, 3.05) is 40.9 Å². The van der Waals surface area contributed by atoms with Crippen LogP contribution in [0.15, 0.2) is 36.5 Å². The molecule has 0 saturated carbocycles. The first-order valence-electron chi connectivity index (χ1n) is 28.9. The molecule has 0 aliphatic heterocycles. The van der Waals surface area contributed by atoms with Gasteiger partial charge in [0.05, 0.1) is 39.9 Å². The Labute approximate surface area is 417 Å². The Morgan fingerprint density at radius 3 is 1.21 bits per heavy atom. The Balaban J connectivity index is 4.19. The Hall–Kier alpha value is -1.28. The molecule has 67 heavy (non-hydrogen) atoms. The smallest absolute Gasteiger partial charge is 0.268 e. The number of rotatable bonds is 53. The highest BCUT2D eigenvalue weighted by Gasteiger charge is 2.23. The van der Waals surface area contributed by atoms with Crippen molar-refractivity contribution in [1.82, 2.24) is 5.32 Å². The first kappa shape index (κ1) is 65.7. The fraction of sp³-hybridized carbons (Fsp3) is 0.879. The normalized spacial score (nSPS) is 14.2. The third kappa shape index (κ3) is 52.4. The summed E-state index contributed by atoms with van der Waals surface area (Å²) in [6.07, 6.45) is 63.7. The Bertz CT molecular complexity index is 1190. The number of nitrogens with one attached hydrogen (secondary N) is 1. The lowest BCUT2D eigenvalue weighted by molar-refractivity contribution is -0.870. The molecule has 0 aromatic carbocycles. The van der Waals surface area contributed by atoms with E-state index >= 15 is 0 Å². The van der Waals surface area contributed by atoms with Crippen molar-refractivity contribution < 1.29 is 32.9 Å². The maximum Gasteiger partial charge on any atom is 0.268 e. The van der Waals surface area contributed by atoms with Gasteiger partial charge in [0.25, 0.3) is 7.82 Å². The Kier molecular flexibility index (Phi) is 48.7. The van der Waals surface area contributed by atoms with Gasteiger partial charge in [-0.3, -0.25) is 9.36 Å². The molecule has 0 saturated heterocycles. The van der Waals surface area contributed by atoms with E-state index in [4.69, 9.17) is 9.05 Å². The molecule has 3 unspecified atom stereocenters. The highest BCUT2D eigenvalue weighted by molar-refractivity contribution is 7.45. The summed E-state index contributed by atoms with van der Waals surface area (Å²) in [6, 6.07) is -0.907. The molecule has 0 heterocycles. The first-order chi connectivity index (χ1) is 32.5. The molecule has 0 radical (unpaired) electrons. The van der Waals surface area contributed by atoms with E-state index in [1.54, 1.807) is 6.08 Å². The number of allylic oxidation sites excluding steroid dienone is 5. The van der Waals surface area contributed by atoms with Gasteiger partial charge in [0, 0.05) is 6.42 Å². The van der Waals surface area contributed by atoms with Crippen molar-refractivity contribution in [1.29, 1.82) is 0 Å². The van der Waals surface area contributed by atoms with Crippen LogP contribution in [-0.4, -0.2) is 68.5 Å². The third-order valence-electron chi connectivity index (χ3n) is 13.1. The minimum atomic E-state index is -4.61. The average molecular weight is 966 g/mol. The fourth-order valence-electron chi connectivity index (χ4n) is 8.54. The van der Waals surface area contributed by atoms with Crippen LogP contribution in [0.25, 0.3) is 0 Å². The minimum absolute atomic E-state index is 0.00744. The summed E-state index contributed by atoms with van der Waals surface area (Å²) in [7, 11) is 1.24. The molecule has 0 rings (SSSR count). The summed E-state index contributed by atoms with van der Waals surface area (Å²) in [5.41, 5.74) is 0. The van der Waals surface area contributed by atoms with Gasteiger partial charge >= 0.3 is 0 Å². The zero-order chi connectivity index (χ0) is 49.2. The maximum absolute atomic E-state index is 13.0. The van der Waals surface area contributed by atoms with Gasteiger partial charge in [0.2, 0.25) is 5.91 Å². The van der Waals surface area contributed by atoms with Gasteiger partial charge in [-0.25, -0.2) is 0 Å². The second kappa shape index (κ2) is 49.7. The summed E-state index contributed by atoms with van der Waals surface area (Å²) in [5, 5.41) is 13.8. The highest BCUT2D eigenvalue weighted by atomic mass is 31.2. The van der Waals surface area contributed by atoms with Crippen molar-refractivity contribution in [3.63, 3.8) is 0 Å². The third-order valence-corrected chi connectivity index (χ3v) is 14.0. The van der Waals surface area contributed by atoms with Crippen molar-refractivity contribution in [3.8, 4) is 0 Å². The quantitative estimate of drug-likeness (QED) is 0.0272. The van der Waals surface area contributed by atoms with Crippen molar-refractivity contribution >= 4 is 13.7 Å². The molecule has 0 aromatic rings. The Morgan fingerprint density at radius 1 is 0.507 bits per heavy atom. The van der Waals surface area contributed by atoms with Gasteiger partial charge < -0.3 is 28.8 Å². The molecule has 8 nitrogen and oxygen atoms in total. The molecule has 0 fully saturated rings. The van der Waals surface area contributed by atoms with Gasteiger partial charge in [0.1, 0.15) is 13.2 Å². The molecule has 0 bridgehead atoms. The zero-order valence-corrected chi connectivity index (χ0v) is 46.0. The number of carbonyl (C=O) groups is 1. The van der Waals surface area contributed by atoms with E-state index in [0.717, 1.165) is 44.9 Å². The van der Waals surface area contributed by atoms with E-state index in [1.807, 2.05) is 27.2 Å². The summed E-state index contributed by atoms with van der Waals surface area (Å²) in [6.45, 7) is 4.65. The van der Waals surface area contributed by atoms with Crippen LogP contribution in [0.4, 0.5) is 0 Å². The second-order valence-corrected chi connectivity index (χ2v) is 22.4. The summed E-state index contributed by atoms with van der Waals surface area (Å²) < 4.78 is 23.3. The number of carbonyl (C=O) groups excluding carboxylic acids is 1. The molecule has 396 valence electrons. The SMILES string of the molecule is CCCCCCCCCC/C=C/CC/C=C/CC/C=C/C(O)C(COP(=O)([O-])OCC[N+](C)(C)C)NC(=O)CCCCCCCCCCCCCCCCCCCCCCCCCCCCC. The maximum atomic E-state index is 13.0. The lowest BCUT2D eigenvalue weighted by Crippen LogP contribution is -2.45. The second-order valence-electron chi connectivity index (χ2n) is 21.0. The molecule has 0 aromatic heterocycles. The monoisotopic (exact) mass is 965 g/mol. The van der Waals surface area contributed by atoms with Crippen LogP contribution in [0.1, 0.15) is 277 Å². The Morgan fingerprint density at radius 2 is 0.836 bits per heavy atom. The summed E-state index contributed by atoms with van der Waals surface area (Å²) >= 11 is 0. The molecular weight excluding hydrogens is 852 g/mol. The highest BCUT2D eigenvalue weighted by Crippen LogP contribution is 2.38. The van der Waals surface area contributed by atoms with Crippen LogP contribution >= 0.6 is 7.82 Å². The van der Waals surface area contributed by atoms with Crippen LogP contribution in [0.2, 0.25) is 0 Å². The van der Waals surface area contributed by atoms with Gasteiger partial charge in [-0.2, -0.15) is 0 Å². The minimum Gasteiger partial charge on any atom is -0.756 e. The number of phosphoric ester groups is 1. The summed E-state index contributed by atoms with van der Waals surface area (Å²) in [5.74, 6) is -0.206. The number of phosphoric acid groups is 1. The van der Waals surface area contributed by atoms with Gasteiger partial charge in [0.15, 0.2) is 0 Å². The number of aliphatic hydroxyl groups is 1. The summed E-state index contributed by atoms with van der Waals surface area (Å²) in [4.78, 5) is 25.5. The predicted octanol–water partition coefficient (Wildman–Crippen LogP) is 16.7. The predicted molar refractivity (Wildman–Crippen MR) is 288 cm³/mol. The fourth-order valence-corrected chi connectivity index (χ4v) is 9.26. The molecule has 0 aliphatic rings. The van der Waals surface area contributed by atoms with E-state index in [9.17, 15) is 19.4 Å². The van der Waals surface area contributed by atoms with Crippen LogP contribution in [-0.2, 0) is 18.4 Å². The number of amides is 1. The number of aliphatic hydroxyl groups excluding tert-OH is 1. The number of hydrogen-bond acceptors (Lipinski definition) is 6. The number of quaternary nitrogens is 1. The number of nitrogens with zero attached hydrogens (tertiary/aromatic N) is 1. The molecule has 9 heteroatoms. The lowest BCUT2D eigenvalue weighted by Gasteiger charge is -2.29. The molecule has 3 atom stereocenters. The van der Waals surface area contributed by atoms with Crippen molar-refractivity contribution in [2.24, 2.45) is 0 Å². The lowest BCUT2D eigenvalue weighted by atomic mass is 10.0. The van der Waals surface area contributed by atoms with E-state index in [0.29, 0.717) is 17.4 Å². The largest absolute Gasteiger partial charge is 0.756 e. The molecule has 2 N–H and O–H groups in total. The van der Waals surface area contributed by atoms with E-state index in [1.165, 1.54) is 212 Å². The topological polar surface area (TPSA) is 108 Å². The van der Waals surface area contributed by atoms with Crippen molar-refractivity contribution in [2.45, 2.75) is 289 Å². The number of unbranched alkanes of at least 4 members (excludes halogenated alkanes) is 36. The molecule has 1 amide bonds. The number of hydrogen-bond donors (Lipinski definition) is 2. The standard InChI is InChI=1S/C58H113N2O6P/c1-6-8-10-12-14-16-18-20-22-24-26-27-28-29-30-31-32-33-34-36-38-40-42-44-46-48-50-52-58(62)59-56(55-66-67(63,64)65-54-53-60(3,4)5)57(61)51-49-47-45-43-41-39-37-35-25-23-21-19-17-15-13-11-9-7-2/h25,35,41,43,49,51,56-57,61H,6-24,26-34,36-40,42,44-48,50,52-55H2,1-5H3,(H-,59,62,63,64)/b35-25+,43-41+,51-49+.